The third kappa shape index (κ3) is 5.31. The maximum atomic E-state index is 13.3. The molecule has 1 aromatic carbocycles. The quantitative estimate of drug-likeness (QED) is 0.703. The smallest absolute Gasteiger partial charge is 0.275 e. The summed E-state index contributed by atoms with van der Waals surface area (Å²) in [5.41, 5.74) is 1.37. The van der Waals surface area contributed by atoms with E-state index in [0.717, 1.165) is 44.7 Å². The van der Waals surface area contributed by atoms with Gasteiger partial charge in [0, 0.05) is 46.3 Å². The summed E-state index contributed by atoms with van der Waals surface area (Å²) < 4.78 is 18.8. The number of piperazine rings is 1. The fourth-order valence-electron chi connectivity index (χ4n) is 3.31. The molecule has 2 aromatic rings. The fraction of sp³-hybridized carbons (Fsp3) is 0.500. The second-order valence-corrected chi connectivity index (χ2v) is 7.56. The van der Waals surface area contributed by atoms with E-state index in [2.05, 4.69) is 14.8 Å². The lowest BCUT2D eigenvalue weighted by Crippen LogP contribution is -2.45. The van der Waals surface area contributed by atoms with Gasteiger partial charge in [-0.3, -0.25) is 14.6 Å². The zero-order chi connectivity index (χ0) is 20.1. The molecular formula is C20H26ClFN4O2. The van der Waals surface area contributed by atoms with Crippen LogP contribution in [0.3, 0.4) is 0 Å². The number of nitrogens with zero attached hydrogens (tertiary/aromatic N) is 4. The number of halogens is 2. The van der Waals surface area contributed by atoms with Crippen LogP contribution in [0.15, 0.2) is 28.9 Å². The Hall–Kier alpha value is -1.96. The van der Waals surface area contributed by atoms with E-state index in [1.54, 1.807) is 24.1 Å². The molecule has 8 heteroatoms. The van der Waals surface area contributed by atoms with E-state index in [1.807, 2.05) is 6.92 Å². The van der Waals surface area contributed by atoms with Crippen molar-refractivity contribution < 1.29 is 13.6 Å². The molecule has 0 spiro atoms. The third-order valence-corrected chi connectivity index (χ3v) is 5.18. The summed E-state index contributed by atoms with van der Waals surface area (Å²) in [6.07, 6.45) is 2.35. The molecule has 1 aromatic heterocycles. The highest BCUT2D eigenvalue weighted by Crippen LogP contribution is 2.18. The second-order valence-electron chi connectivity index (χ2n) is 7.15. The highest BCUT2D eigenvalue weighted by molar-refractivity contribution is 6.30. The standard InChI is InChI=1S/C20H26ClFN4O2/c1-3-6-24(2)20(27)18-14-28-19(23-18)13-26-9-7-25(8-10-26)12-15-4-5-17(22)16(21)11-15/h4-5,11,14H,3,6-10,12-13H2,1-2H3. The number of hydrogen-bond donors (Lipinski definition) is 0. The number of carbonyl (C=O) groups is 1. The molecule has 0 radical (unpaired) electrons. The van der Waals surface area contributed by atoms with Crippen LogP contribution in [0.2, 0.25) is 5.02 Å². The molecule has 152 valence electrons. The van der Waals surface area contributed by atoms with Gasteiger partial charge in [-0.1, -0.05) is 24.6 Å². The van der Waals surface area contributed by atoms with Gasteiger partial charge < -0.3 is 9.32 Å². The Labute approximate surface area is 169 Å². The average molecular weight is 409 g/mol. The van der Waals surface area contributed by atoms with Crippen LogP contribution in [0.4, 0.5) is 4.39 Å². The summed E-state index contributed by atoms with van der Waals surface area (Å²) in [7, 11) is 1.77. The van der Waals surface area contributed by atoms with Crippen molar-refractivity contribution in [3.8, 4) is 0 Å². The molecule has 0 atom stereocenters. The minimum atomic E-state index is -0.389. The molecule has 0 unspecified atom stereocenters. The van der Waals surface area contributed by atoms with Gasteiger partial charge in [-0.25, -0.2) is 9.37 Å². The monoisotopic (exact) mass is 408 g/mol. The van der Waals surface area contributed by atoms with Gasteiger partial charge in [-0.2, -0.15) is 0 Å². The van der Waals surface area contributed by atoms with Gasteiger partial charge in [0.05, 0.1) is 11.6 Å². The van der Waals surface area contributed by atoms with Crippen molar-refractivity contribution in [2.45, 2.75) is 26.4 Å². The molecular weight excluding hydrogens is 383 g/mol. The van der Waals surface area contributed by atoms with E-state index in [0.29, 0.717) is 24.7 Å². The molecule has 0 aliphatic carbocycles. The van der Waals surface area contributed by atoms with Crippen molar-refractivity contribution in [1.82, 2.24) is 19.7 Å². The number of carbonyl (C=O) groups excluding carboxylic acids is 1. The van der Waals surface area contributed by atoms with E-state index < -0.39 is 0 Å². The Morgan fingerprint density at radius 1 is 1.25 bits per heavy atom. The lowest BCUT2D eigenvalue weighted by atomic mass is 10.2. The highest BCUT2D eigenvalue weighted by Gasteiger charge is 2.21. The summed E-state index contributed by atoms with van der Waals surface area (Å²) in [5, 5.41) is 0.162. The number of hydrogen-bond acceptors (Lipinski definition) is 5. The molecule has 0 saturated carbocycles. The first kappa shape index (κ1) is 20.8. The van der Waals surface area contributed by atoms with Gasteiger partial charge in [-0.15, -0.1) is 0 Å². The van der Waals surface area contributed by atoms with Gasteiger partial charge in [0.2, 0.25) is 5.89 Å². The van der Waals surface area contributed by atoms with Crippen LogP contribution >= 0.6 is 11.6 Å². The van der Waals surface area contributed by atoms with Crippen LogP contribution in [0.5, 0.6) is 0 Å². The van der Waals surface area contributed by atoms with E-state index in [9.17, 15) is 9.18 Å². The molecule has 1 aliphatic rings. The Balaban J connectivity index is 1.48. The van der Waals surface area contributed by atoms with Crippen molar-refractivity contribution in [3.05, 3.63) is 52.5 Å². The van der Waals surface area contributed by atoms with Crippen LogP contribution in [-0.2, 0) is 13.1 Å². The molecule has 1 amide bonds. The molecule has 0 bridgehead atoms. The Morgan fingerprint density at radius 2 is 1.93 bits per heavy atom. The summed E-state index contributed by atoms with van der Waals surface area (Å²) in [6, 6.07) is 4.87. The molecule has 1 saturated heterocycles. The lowest BCUT2D eigenvalue weighted by molar-refractivity contribution is 0.0789. The highest BCUT2D eigenvalue weighted by atomic mass is 35.5. The Kier molecular flexibility index (Phi) is 7.04. The molecule has 1 fully saturated rings. The van der Waals surface area contributed by atoms with Crippen LogP contribution in [0.1, 0.15) is 35.3 Å². The minimum absolute atomic E-state index is 0.111. The van der Waals surface area contributed by atoms with Crippen molar-refractivity contribution >= 4 is 17.5 Å². The van der Waals surface area contributed by atoms with Crippen molar-refractivity contribution in [1.29, 1.82) is 0 Å². The van der Waals surface area contributed by atoms with Crippen molar-refractivity contribution in [2.75, 3.05) is 39.8 Å². The number of amides is 1. The number of aromatic nitrogens is 1. The molecule has 2 heterocycles. The number of rotatable bonds is 7. The van der Waals surface area contributed by atoms with E-state index in [1.165, 1.54) is 12.3 Å². The minimum Gasteiger partial charge on any atom is -0.447 e. The van der Waals surface area contributed by atoms with Gasteiger partial charge >= 0.3 is 0 Å². The van der Waals surface area contributed by atoms with E-state index in [-0.39, 0.29) is 16.7 Å². The van der Waals surface area contributed by atoms with Crippen LogP contribution in [-0.4, -0.2) is 65.4 Å². The zero-order valence-electron chi connectivity index (χ0n) is 16.3. The fourth-order valence-corrected chi connectivity index (χ4v) is 3.51. The van der Waals surface area contributed by atoms with Gasteiger partial charge in [-0.05, 0) is 24.1 Å². The van der Waals surface area contributed by atoms with Crippen LogP contribution < -0.4 is 0 Å². The average Bonchev–Trinajstić information content (AvgIpc) is 3.14. The maximum Gasteiger partial charge on any atom is 0.275 e. The first-order chi connectivity index (χ1) is 13.5. The van der Waals surface area contributed by atoms with E-state index in [4.69, 9.17) is 16.0 Å². The van der Waals surface area contributed by atoms with Crippen molar-refractivity contribution in [2.24, 2.45) is 0 Å². The zero-order valence-corrected chi connectivity index (χ0v) is 17.1. The van der Waals surface area contributed by atoms with Gasteiger partial charge in [0.1, 0.15) is 12.1 Å². The molecule has 0 N–H and O–H groups in total. The normalized spacial score (nSPS) is 15.7. The largest absolute Gasteiger partial charge is 0.447 e. The second kappa shape index (κ2) is 9.49. The van der Waals surface area contributed by atoms with Crippen molar-refractivity contribution in [3.63, 3.8) is 0 Å². The van der Waals surface area contributed by atoms with Crippen LogP contribution in [0, 0.1) is 5.82 Å². The number of oxazole rings is 1. The topological polar surface area (TPSA) is 52.8 Å². The molecule has 3 rings (SSSR count). The first-order valence-corrected chi connectivity index (χ1v) is 9.92. The summed E-state index contributed by atoms with van der Waals surface area (Å²) in [6.45, 7) is 7.58. The molecule has 1 aliphatic heterocycles. The molecule has 28 heavy (non-hydrogen) atoms. The maximum absolute atomic E-state index is 13.3. The summed E-state index contributed by atoms with van der Waals surface area (Å²) in [5.74, 6) is 0.0616. The first-order valence-electron chi connectivity index (χ1n) is 9.54. The Bertz CT molecular complexity index is 805. The van der Waals surface area contributed by atoms with Gasteiger partial charge in [0.25, 0.3) is 5.91 Å². The number of benzene rings is 1. The van der Waals surface area contributed by atoms with E-state index >= 15 is 0 Å². The van der Waals surface area contributed by atoms with Crippen LogP contribution in [0.25, 0.3) is 0 Å². The SMILES string of the molecule is CCCN(C)C(=O)c1coc(CN2CCN(Cc3ccc(F)c(Cl)c3)CC2)n1. The van der Waals surface area contributed by atoms with Gasteiger partial charge in [0.15, 0.2) is 5.69 Å². The third-order valence-electron chi connectivity index (χ3n) is 4.89. The lowest BCUT2D eigenvalue weighted by Gasteiger charge is -2.34. The predicted molar refractivity (Wildman–Crippen MR) is 106 cm³/mol. The summed E-state index contributed by atoms with van der Waals surface area (Å²) in [4.78, 5) is 22.8. The molecule has 6 nitrogen and oxygen atoms in total. The predicted octanol–water partition coefficient (Wildman–Crippen LogP) is 3.27. The summed E-state index contributed by atoms with van der Waals surface area (Å²) >= 11 is 5.86. The Morgan fingerprint density at radius 3 is 2.57 bits per heavy atom.